The molecule has 1 heterocycles. The molecule has 1 N–H and O–H groups in total. The lowest BCUT2D eigenvalue weighted by molar-refractivity contribution is -0.137. The Kier molecular flexibility index (Phi) is 7.46. The van der Waals surface area contributed by atoms with Crippen LogP contribution in [0.15, 0.2) is 66.7 Å². The van der Waals surface area contributed by atoms with E-state index in [9.17, 15) is 13.2 Å². The number of nitrogens with one attached hydrogen (secondary N) is 1. The fourth-order valence-corrected chi connectivity index (χ4v) is 3.98. The Labute approximate surface area is 186 Å². The number of morpholine rings is 1. The van der Waals surface area contributed by atoms with Crippen LogP contribution in [0.3, 0.4) is 0 Å². The Morgan fingerprint density at radius 1 is 1.03 bits per heavy atom. The number of hydrogen-bond acceptors (Lipinski definition) is 3. The van der Waals surface area contributed by atoms with Crippen molar-refractivity contribution < 1.29 is 17.9 Å². The first-order valence-electron chi connectivity index (χ1n) is 10.2. The molecule has 7 heteroatoms. The molecule has 0 radical (unpaired) electrons. The van der Waals surface area contributed by atoms with Crippen LogP contribution in [0.5, 0.6) is 0 Å². The van der Waals surface area contributed by atoms with Gasteiger partial charge in [-0.2, -0.15) is 13.2 Å². The summed E-state index contributed by atoms with van der Waals surface area (Å²) in [5.74, 6) is 0. The number of fused-ring (bicyclic) bond motifs is 1. The third-order valence-corrected chi connectivity index (χ3v) is 5.64. The minimum absolute atomic E-state index is 0. The molecule has 0 bridgehead atoms. The van der Waals surface area contributed by atoms with E-state index in [1.165, 1.54) is 28.5 Å². The van der Waals surface area contributed by atoms with Gasteiger partial charge in [-0.15, -0.1) is 12.4 Å². The summed E-state index contributed by atoms with van der Waals surface area (Å²) in [4.78, 5) is 2.08. The van der Waals surface area contributed by atoms with E-state index in [0.717, 1.165) is 17.8 Å². The van der Waals surface area contributed by atoms with Crippen molar-refractivity contribution in [2.24, 2.45) is 0 Å². The lowest BCUT2D eigenvalue weighted by atomic mass is 9.99. The monoisotopic (exact) mass is 450 g/mol. The van der Waals surface area contributed by atoms with Crippen LogP contribution < -0.4 is 10.2 Å². The lowest BCUT2D eigenvalue weighted by Gasteiger charge is -2.35. The predicted molar refractivity (Wildman–Crippen MR) is 121 cm³/mol. The Hall–Kier alpha value is -2.28. The van der Waals surface area contributed by atoms with E-state index in [-0.39, 0.29) is 24.6 Å². The largest absolute Gasteiger partial charge is 0.416 e. The van der Waals surface area contributed by atoms with Gasteiger partial charge >= 0.3 is 6.18 Å². The average Bonchev–Trinajstić information content (AvgIpc) is 2.77. The highest BCUT2D eigenvalue weighted by molar-refractivity contribution is 5.86. The van der Waals surface area contributed by atoms with E-state index < -0.39 is 11.7 Å². The van der Waals surface area contributed by atoms with E-state index in [2.05, 4.69) is 47.5 Å². The topological polar surface area (TPSA) is 24.5 Å². The van der Waals surface area contributed by atoms with Gasteiger partial charge in [0.1, 0.15) is 0 Å². The van der Waals surface area contributed by atoms with Gasteiger partial charge in [0.15, 0.2) is 0 Å². The van der Waals surface area contributed by atoms with Gasteiger partial charge in [0, 0.05) is 31.4 Å². The molecule has 3 aromatic rings. The quantitative estimate of drug-likeness (QED) is 0.528. The molecular weight excluding hydrogens is 425 g/mol. The van der Waals surface area contributed by atoms with Crippen LogP contribution in [0.25, 0.3) is 10.8 Å². The molecule has 1 fully saturated rings. The van der Waals surface area contributed by atoms with Crippen molar-refractivity contribution in [3.05, 3.63) is 77.9 Å². The zero-order chi connectivity index (χ0) is 21.1. The van der Waals surface area contributed by atoms with Crippen LogP contribution >= 0.6 is 12.4 Å². The zero-order valence-corrected chi connectivity index (χ0v) is 18.0. The minimum Gasteiger partial charge on any atom is -0.373 e. The van der Waals surface area contributed by atoms with E-state index in [1.54, 1.807) is 0 Å². The lowest BCUT2D eigenvalue weighted by Crippen LogP contribution is -2.47. The van der Waals surface area contributed by atoms with Crippen LogP contribution in [0, 0.1) is 0 Å². The number of rotatable bonds is 5. The molecule has 1 saturated heterocycles. The highest BCUT2D eigenvalue weighted by Gasteiger charge is 2.30. The summed E-state index contributed by atoms with van der Waals surface area (Å²) in [5.41, 5.74) is 1.41. The second-order valence-corrected chi connectivity index (χ2v) is 7.68. The fourth-order valence-electron chi connectivity index (χ4n) is 3.98. The average molecular weight is 451 g/mol. The van der Waals surface area contributed by atoms with Crippen molar-refractivity contribution in [3.63, 3.8) is 0 Å². The van der Waals surface area contributed by atoms with Gasteiger partial charge in [0.05, 0.1) is 18.3 Å². The van der Waals surface area contributed by atoms with Crippen molar-refractivity contribution in [2.75, 3.05) is 31.1 Å². The first-order valence-corrected chi connectivity index (χ1v) is 10.2. The number of alkyl halides is 3. The number of halogens is 4. The second-order valence-electron chi connectivity index (χ2n) is 7.68. The normalized spacial score (nSPS) is 17.9. The second kappa shape index (κ2) is 9.90. The summed E-state index contributed by atoms with van der Waals surface area (Å²) in [6.45, 7) is 4.66. The zero-order valence-electron chi connectivity index (χ0n) is 17.2. The van der Waals surface area contributed by atoms with Gasteiger partial charge in [0.25, 0.3) is 0 Å². The molecule has 0 saturated carbocycles. The van der Waals surface area contributed by atoms with E-state index in [0.29, 0.717) is 26.2 Å². The summed E-state index contributed by atoms with van der Waals surface area (Å²) in [6, 6.07) is 20.1. The SMILES string of the molecule is CC(NCC1CN(c2ccc(C(F)(F)F)cc2)CCO1)c1cccc2ccccc12.Cl. The van der Waals surface area contributed by atoms with Crippen molar-refractivity contribution in [2.45, 2.75) is 25.2 Å². The fraction of sp³-hybridized carbons (Fsp3) is 0.333. The molecule has 4 rings (SSSR count). The Morgan fingerprint density at radius 3 is 2.48 bits per heavy atom. The third-order valence-electron chi connectivity index (χ3n) is 5.64. The summed E-state index contributed by atoms with van der Waals surface area (Å²) in [6.07, 6.45) is -4.34. The van der Waals surface area contributed by atoms with Gasteiger partial charge in [-0.1, -0.05) is 42.5 Å². The van der Waals surface area contributed by atoms with Crippen molar-refractivity contribution in [1.82, 2.24) is 5.32 Å². The number of benzene rings is 3. The van der Waals surface area contributed by atoms with Gasteiger partial charge in [-0.3, -0.25) is 0 Å². The predicted octanol–water partition coefficient (Wildman–Crippen LogP) is 5.84. The van der Waals surface area contributed by atoms with E-state index in [4.69, 9.17) is 4.74 Å². The molecule has 1 aliphatic heterocycles. The van der Waals surface area contributed by atoms with Gasteiger partial charge in [0.2, 0.25) is 0 Å². The van der Waals surface area contributed by atoms with Crippen LogP contribution in [-0.2, 0) is 10.9 Å². The Morgan fingerprint density at radius 2 is 1.74 bits per heavy atom. The van der Waals surface area contributed by atoms with Gasteiger partial charge < -0.3 is 15.0 Å². The highest BCUT2D eigenvalue weighted by atomic mass is 35.5. The molecule has 31 heavy (non-hydrogen) atoms. The molecule has 166 valence electrons. The molecule has 3 nitrogen and oxygen atoms in total. The summed E-state index contributed by atoms with van der Waals surface area (Å²) in [5, 5.41) is 6.01. The molecule has 2 atom stereocenters. The van der Waals surface area contributed by atoms with E-state index >= 15 is 0 Å². The maximum atomic E-state index is 12.8. The van der Waals surface area contributed by atoms with Crippen molar-refractivity contribution >= 4 is 28.9 Å². The number of anilines is 1. The van der Waals surface area contributed by atoms with Crippen LogP contribution in [-0.4, -0.2) is 32.3 Å². The molecule has 1 aliphatic rings. The summed E-state index contributed by atoms with van der Waals surface area (Å²) < 4.78 is 44.3. The van der Waals surface area contributed by atoms with Crippen molar-refractivity contribution in [3.8, 4) is 0 Å². The Balaban J connectivity index is 0.00000272. The smallest absolute Gasteiger partial charge is 0.373 e. The number of nitrogens with zero attached hydrogens (tertiary/aromatic N) is 1. The summed E-state index contributed by atoms with van der Waals surface area (Å²) >= 11 is 0. The highest BCUT2D eigenvalue weighted by Crippen LogP contribution is 2.31. The number of hydrogen-bond donors (Lipinski definition) is 1. The summed E-state index contributed by atoms with van der Waals surface area (Å²) in [7, 11) is 0. The first-order chi connectivity index (χ1) is 14.4. The molecule has 2 unspecified atom stereocenters. The van der Waals surface area contributed by atoms with E-state index in [1.807, 2.05) is 12.1 Å². The first kappa shape index (κ1) is 23.4. The standard InChI is InChI=1S/C24H25F3N2O.ClH/c1-17(22-8-4-6-18-5-2-3-7-23(18)22)28-15-21-16-29(13-14-30-21)20-11-9-19(10-12-20)24(25,26)27;/h2-12,17,21,28H,13-16H2,1H3;1H. The third kappa shape index (κ3) is 5.50. The molecule has 0 spiro atoms. The molecule has 0 amide bonds. The maximum absolute atomic E-state index is 12.8. The minimum atomic E-state index is -4.31. The number of ether oxygens (including phenoxy) is 1. The van der Waals surface area contributed by atoms with Crippen molar-refractivity contribution in [1.29, 1.82) is 0 Å². The van der Waals surface area contributed by atoms with Gasteiger partial charge in [-0.25, -0.2) is 0 Å². The van der Waals surface area contributed by atoms with Crippen LogP contribution in [0.2, 0.25) is 0 Å². The van der Waals surface area contributed by atoms with Gasteiger partial charge in [-0.05, 0) is 47.5 Å². The van der Waals surface area contributed by atoms with Crippen LogP contribution in [0.4, 0.5) is 18.9 Å². The molecule has 0 aliphatic carbocycles. The van der Waals surface area contributed by atoms with Crippen LogP contribution in [0.1, 0.15) is 24.1 Å². The Bertz CT molecular complexity index is 989. The molecule has 0 aromatic heterocycles. The molecular formula is C24H26ClF3N2O. The maximum Gasteiger partial charge on any atom is 0.416 e. The molecule has 3 aromatic carbocycles.